The maximum Gasteiger partial charge on any atom is 0.303 e. The summed E-state index contributed by atoms with van der Waals surface area (Å²) in [6, 6.07) is 7.84. The van der Waals surface area contributed by atoms with Gasteiger partial charge in [-0.25, -0.2) is 0 Å². The number of aryl methyl sites for hydroxylation is 1. The number of hydrogen-bond acceptors (Lipinski definition) is 5. The van der Waals surface area contributed by atoms with Gasteiger partial charge in [0.15, 0.2) is 0 Å². The first-order valence-corrected chi connectivity index (χ1v) is 12.9. The Morgan fingerprint density at radius 1 is 1.32 bits per heavy atom. The smallest absolute Gasteiger partial charge is 0.303 e. The summed E-state index contributed by atoms with van der Waals surface area (Å²) in [5.41, 5.74) is 2.81. The number of nitrogens with zero attached hydrogens (tertiary/aromatic N) is 2. The second-order valence-electron chi connectivity index (χ2n) is 8.98. The van der Waals surface area contributed by atoms with Crippen LogP contribution in [0.2, 0.25) is 5.02 Å². The number of carbonyl (C=O) groups is 1. The van der Waals surface area contributed by atoms with Gasteiger partial charge in [0.05, 0.1) is 30.6 Å². The van der Waals surface area contributed by atoms with Crippen molar-refractivity contribution in [3.63, 3.8) is 0 Å². The first-order valence-electron chi connectivity index (χ1n) is 11.5. The zero-order chi connectivity index (χ0) is 24.0. The fraction of sp³-hybridized carbons (Fsp3) is 0.407. The van der Waals surface area contributed by atoms with Crippen LogP contribution in [0.1, 0.15) is 43.2 Å². The average Bonchev–Trinajstić information content (AvgIpc) is 3.35. The van der Waals surface area contributed by atoms with E-state index in [-0.39, 0.29) is 11.8 Å². The van der Waals surface area contributed by atoms with E-state index in [1.165, 1.54) is 0 Å². The van der Waals surface area contributed by atoms with Crippen molar-refractivity contribution in [1.82, 2.24) is 9.88 Å². The highest BCUT2D eigenvalue weighted by atomic mass is 35.5. The SMILES string of the molecule is COc1ccc2ncc(Cl)c(CCCC3(CC(=O)O)CCN(CC#Cc4ccsc4)CC3)c2c1. The van der Waals surface area contributed by atoms with Gasteiger partial charge in [-0.15, -0.1) is 0 Å². The number of fused-ring (bicyclic) bond motifs is 1. The molecule has 7 heteroatoms. The van der Waals surface area contributed by atoms with Gasteiger partial charge in [0.25, 0.3) is 0 Å². The number of halogens is 1. The quantitative estimate of drug-likeness (QED) is 0.394. The molecule has 0 saturated carbocycles. The van der Waals surface area contributed by atoms with Gasteiger partial charge in [0.2, 0.25) is 0 Å². The zero-order valence-corrected chi connectivity index (χ0v) is 20.9. The van der Waals surface area contributed by atoms with Crippen molar-refractivity contribution in [2.45, 2.75) is 38.5 Å². The molecule has 0 unspecified atom stereocenters. The first kappa shape index (κ1) is 24.5. The highest BCUT2D eigenvalue weighted by Crippen LogP contribution is 2.40. The number of aromatic nitrogens is 1. The number of aliphatic carboxylic acids is 1. The Morgan fingerprint density at radius 3 is 2.85 bits per heavy atom. The summed E-state index contributed by atoms with van der Waals surface area (Å²) < 4.78 is 5.39. The summed E-state index contributed by atoms with van der Waals surface area (Å²) in [5, 5.41) is 15.4. The summed E-state index contributed by atoms with van der Waals surface area (Å²) in [7, 11) is 1.65. The maximum absolute atomic E-state index is 11.7. The molecule has 178 valence electrons. The second-order valence-corrected chi connectivity index (χ2v) is 10.2. The minimum absolute atomic E-state index is 0.184. The number of piperidine rings is 1. The largest absolute Gasteiger partial charge is 0.497 e. The molecule has 0 bridgehead atoms. The number of rotatable bonds is 8. The molecule has 3 heterocycles. The molecule has 1 aliphatic rings. The predicted molar refractivity (Wildman–Crippen MR) is 138 cm³/mol. The lowest BCUT2D eigenvalue weighted by Crippen LogP contribution is -2.41. The molecule has 1 N–H and O–H groups in total. The van der Waals surface area contributed by atoms with E-state index < -0.39 is 5.97 Å². The summed E-state index contributed by atoms with van der Waals surface area (Å²) in [6.45, 7) is 2.48. The van der Waals surface area contributed by atoms with Gasteiger partial charge in [-0.05, 0) is 85.8 Å². The van der Waals surface area contributed by atoms with Crippen LogP contribution in [0.15, 0.2) is 41.2 Å². The van der Waals surface area contributed by atoms with Crippen molar-refractivity contribution in [3.8, 4) is 17.6 Å². The number of likely N-dealkylation sites (tertiary alicyclic amines) is 1. The van der Waals surface area contributed by atoms with Gasteiger partial charge in [0, 0.05) is 22.5 Å². The molecule has 1 fully saturated rings. The highest BCUT2D eigenvalue weighted by Gasteiger charge is 2.36. The predicted octanol–water partition coefficient (Wildman–Crippen LogP) is 5.89. The van der Waals surface area contributed by atoms with Crippen LogP contribution in [0.25, 0.3) is 10.9 Å². The van der Waals surface area contributed by atoms with Crippen molar-refractivity contribution in [1.29, 1.82) is 0 Å². The number of carboxylic acids is 1. The number of benzene rings is 1. The van der Waals surface area contributed by atoms with Crippen molar-refractivity contribution in [2.24, 2.45) is 5.41 Å². The van der Waals surface area contributed by atoms with Gasteiger partial charge in [0.1, 0.15) is 5.75 Å². The van der Waals surface area contributed by atoms with Gasteiger partial charge in [-0.2, -0.15) is 11.3 Å². The summed E-state index contributed by atoms with van der Waals surface area (Å²) >= 11 is 8.18. The molecule has 1 aromatic carbocycles. The molecule has 34 heavy (non-hydrogen) atoms. The number of methoxy groups -OCH3 is 1. The molecule has 3 aromatic rings. The van der Waals surface area contributed by atoms with E-state index in [0.717, 1.165) is 79.5 Å². The van der Waals surface area contributed by atoms with Crippen LogP contribution < -0.4 is 4.74 Å². The third-order valence-corrected chi connectivity index (χ3v) is 7.78. The first-order chi connectivity index (χ1) is 16.5. The van der Waals surface area contributed by atoms with Crippen LogP contribution in [0.5, 0.6) is 5.75 Å². The van der Waals surface area contributed by atoms with Gasteiger partial charge in [-0.1, -0.05) is 23.4 Å². The lowest BCUT2D eigenvalue weighted by atomic mass is 9.72. The van der Waals surface area contributed by atoms with Gasteiger partial charge >= 0.3 is 5.97 Å². The highest BCUT2D eigenvalue weighted by molar-refractivity contribution is 7.08. The van der Waals surface area contributed by atoms with Gasteiger partial charge in [-0.3, -0.25) is 14.7 Å². The molecule has 2 aromatic heterocycles. The molecular formula is C27H29ClN2O3S. The normalized spacial score (nSPS) is 15.6. The standard InChI is InChI=1S/C27H29ClN2O3S/c1-33-21-6-7-25-23(16-21)22(24(28)18-29-25)5-2-9-27(17-26(31)32)10-13-30(14-11-27)12-3-4-20-8-15-34-19-20/h6-8,15-16,18-19H,2,5,9-14,17H2,1H3,(H,31,32). The lowest BCUT2D eigenvalue weighted by molar-refractivity contribution is -0.140. The van der Waals surface area contributed by atoms with Crippen LogP contribution in [-0.2, 0) is 11.2 Å². The molecule has 0 atom stereocenters. The third-order valence-electron chi connectivity index (χ3n) is 6.77. The van der Waals surface area contributed by atoms with Crippen molar-refractivity contribution in [3.05, 3.63) is 57.4 Å². The minimum Gasteiger partial charge on any atom is -0.497 e. The van der Waals surface area contributed by atoms with E-state index in [2.05, 4.69) is 27.1 Å². The molecule has 0 aliphatic carbocycles. The molecular weight excluding hydrogens is 468 g/mol. The fourth-order valence-corrected chi connectivity index (χ4v) is 5.67. The molecule has 1 saturated heterocycles. The Kier molecular flexibility index (Phi) is 8.10. The molecule has 4 rings (SSSR count). The number of carboxylic acid groups (broad SMARTS) is 1. The second kappa shape index (κ2) is 11.2. The Bertz CT molecular complexity index is 1190. The van der Waals surface area contributed by atoms with Gasteiger partial charge < -0.3 is 9.84 Å². The van der Waals surface area contributed by atoms with Crippen molar-refractivity contribution < 1.29 is 14.6 Å². The molecule has 0 spiro atoms. The minimum atomic E-state index is -0.720. The van der Waals surface area contributed by atoms with E-state index in [4.69, 9.17) is 16.3 Å². The van der Waals surface area contributed by atoms with E-state index in [9.17, 15) is 9.90 Å². The van der Waals surface area contributed by atoms with Crippen LogP contribution in [0.4, 0.5) is 0 Å². The van der Waals surface area contributed by atoms with E-state index in [1.54, 1.807) is 24.6 Å². The number of pyridine rings is 1. The number of ether oxygens (including phenoxy) is 1. The summed E-state index contributed by atoms with van der Waals surface area (Å²) in [5.74, 6) is 6.51. The van der Waals surface area contributed by atoms with Crippen molar-refractivity contribution in [2.75, 3.05) is 26.7 Å². The maximum atomic E-state index is 11.7. The van der Waals surface area contributed by atoms with E-state index in [0.29, 0.717) is 5.02 Å². The van der Waals surface area contributed by atoms with Crippen LogP contribution in [0.3, 0.4) is 0 Å². The Hall–Kier alpha value is -2.59. The Morgan fingerprint density at radius 2 is 2.15 bits per heavy atom. The molecule has 5 nitrogen and oxygen atoms in total. The fourth-order valence-electron chi connectivity index (χ4n) is 4.83. The molecule has 0 radical (unpaired) electrons. The molecule has 0 amide bonds. The Labute approximate surface area is 209 Å². The number of thiophene rings is 1. The average molecular weight is 497 g/mol. The van der Waals surface area contributed by atoms with E-state index in [1.807, 2.05) is 29.6 Å². The van der Waals surface area contributed by atoms with Crippen LogP contribution in [0, 0.1) is 17.3 Å². The summed E-state index contributed by atoms with van der Waals surface area (Å²) in [4.78, 5) is 18.5. The third kappa shape index (κ3) is 6.09. The molecule has 1 aliphatic heterocycles. The van der Waals surface area contributed by atoms with Crippen LogP contribution in [-0.4, -0.2) is 47.7 Å². The topological polar surface area (TPSA) is 62.7 Å². The van der Waals surface area contributed by atoms with E-state index >= 15 is 0 Å². The monoisotopic (exact) mass is 496 g/mol. The zero-order valence-electron chi connectivity index (χ0n) is 19.3. The number of hydrogen-bond donors (Lipinski definition) is 1. The van der Waals surface area contributed by atoms with Crippen molar-refractivity contribution >= 4 is 39.8 Å². The Balaban J connectivity index is 1.40. The van der Waals surface area contributed by atoms with Crippen LogP contribution >= 0.6 is 22.9 Å². The lowest BCUT2D eigenvalue weighted by Gasteiger charge is -2.40. The summed E-state index contributed by atoms with van der Waals surface area (Å²) in [6.07, 6.45) is 6.17.